The Balaban J connectivity index is 2.00. The molecule has 8 heteroatoms. The molecule has 0 fully saturated rings. The van der Waals surface area contributed by atoms with Crippen LogP contribution < -0.4 is 4.74 Å². The Morgan fingerprint density at radius 3 is 2.12 bits per heavy atom. The Bertz CT molecular complexity index is 1040. The highest BCUT2D eigenvalue weighted by Crippen LogP contribution is 2.27. The lowest BCUT2D eigenvalue weighted by molar-refractivity contribution is -0.130. The SMILES string of the molecule is COc1cc(C)c(S(=O)(=O)N(C)CCC(=O)N(C)Cc2cccc(CCN(C)C)c2)c(C)c1. The Morgan fingerprint density at radius 2 is 1.55 bits per heavy atom. The average molecular weight is 476 g/mol. The van der Waals surface area contributed by atoms with Gasteiger partial charge in [-0.1, -0.05) is 24.3 Å². The second-order valence-electron chi connectivity index (χ2n) is 8.79. The molecule has 7 nitrogen and oxygen atoms in total. The number of ether oxygens (including phenoxy) is 1. The number of hydrogen-bond acceptors (Lipinski definition) is 5. The number of rotatable bonds is 11. The van der Waals surface area contributed by atoms with Crippen molar-refractivity contribution in [1.29, 1.82) is 0 Å². The highest BCUT2D eigenvalue weighted by Gasteiger charge is 2.26. The van der Waals surface area contributed by atoms with Crippen LogP contribution >= 0.6 is 0 Å². The summed E-state index contributed by atoms with van der Waals surface area (Å²) < 4.78 is 32.8. The van der Waals surface area contributed by atoms with Gasteiger partial charge in [-0.05, 0) is 68.8 Å². The maximum Gasteiger partial charge on any atom is 0.243 e. The summed E-state index contributed by atoms with van der Waals surface area (Å²) in [5, 5.41) is 0. The van der Waals surface area contributed by atoms with E-state index in [2.05, 4.69) is 17.0 Å². The fourth-order valence-electron chi connectivity index (χ4n) is 3.75. The van der Waals surface area contributed by atoms with Gasteiger partial charge in [0.1, 0.15) is 5.75 Å². The molecule has 182 valence electrons. The normalized spacial score (nSPS) is 11.8. The van der Waals surface area contributed by atoms with E-state index in [4.69, 9.17) is 4.74 Å². The smallest absolute Gasteiger partial charge is 0.243 e. The highest BCUT2D eigenvalue weighted by molar-refractivity contribution is 7.89. The van der Waals surface area contributed by atoms with Gasteiger partial charge in [-0.3, -0.25) is 4.79 Å². The summed E-state index contributed by atoms with van der Waals surface area (Å²) in [4.78, 5) is 16.8. The van der Waals surface area contributed by atoms with Crippen LogP contribution in [0.15, 0.2) is 41.3 Å². The monoisotopic (exact) mass is 475 g/mol. The summed E-state index contributed by atoms with van der Waals surface area (Å²) in [6.45, 7) is 5.07. The fraction of sp³-hybridized carbons (Fsp3) is 0.480. The van der Waals surface area contributed by atoms with Crippen LogP contribution in [0.25, 0.3) is 0 Å². The Morgan fingerprint density at radius 1 is 0.939 bits per heavy atom. The highest BCUT2D eigenvalue weighted by atomic mass is 32.2. The van der Waals surface area contributed by atoms with Crippen molar-refractivity contribution in [2.24, 2.45) is 0 Å². The number of benzene rings is 2. The van der Waals surface area contributed by atoms with E-state index in [1.807, 2.05) is 26.2 Å². The molecule has 33 heavy (non-hydrogen) atoms. The Hall–Kier alpha value is -2.42. The van der Waals surface area contributed by atoms with E-state index >= 15 is 0 Å². The summed E-state index contributed by atoms with van der Waals surface area (Å²) in [7, 11) is 5.19. The van der Waals surface area contributed by atoms with Crippen LogP contribution in [-0.2, 0) is 27.8 Å². The number of sulfonamides is 1. The van der Waals surface area contributed by atoms with Gasteiger partial charge in [-0.25, -0.2) is 12.7 Å². The minimum Gasteiger partial charge on any atom is -0.497 e. The number of nitrogens with zero attached hydrogens (tertiary/aromatic N) is 3. The molecule has 0 radical (unpaired) electrons. The van der Waals surface area contributed by atoms with E-state index in [0.29, 0.717) is 23.4 Å². The van der Waals surface area contributed by atoms with Gasteiger partial charge >= 0.3 is 0 Å². The summed E-state index contributed by atoms with van der Waals surface area (Å²) >= 11 is 0. The standard InChI is InChI=1S/C25H37N3O4S/c1-19-15-23(32-7)16-20(2)25(19)33(30,31)28(6)14-12-24(29)27(5)18-22-10-8-9-21(17-22)11-13-26(3)4/h8-10,15-17H,11-14,18H2,1-7H3. The van der Waals surface area contributed by atoms with Crippen molar-refractivity contribution < 1.29 is 17.9 Å². The lowest BCUT2D eigenvalue weighted by Gasteiger charge is -2.22. The molecule has 2 aromatic rings. The molecule has 0 saturated carbocycles. The number of carbonyl (C=O) groups excluding carboxylic acids is 1. The lowest BCUT2D eigenvalue weighted by Crippen LogP contribution is -2.34. The maximum absolute atomic E-state index is 13.2. The molecule has 1 amide bonds. The number of hydrogen-bond donors (Lipinski definition) is 0. The van der Waals surface area contributed by atoms with Crippen molar-refractivity contribution in [2.45, 2.75) is 38.1 Å². The predicted octanol–water partition coefficient (Wildman–Crippen LogP) is 3.09. The summed E-state index contributed by atoms with van der Waals surface area (Å²) in [5.74, 6) is 0.521. The third-order valence-electron chi connectivity index (χ3n) is 5.66. The van der Waals surface area contributed by atoms with Crippen LogP contribution in [0.4, 0.5) is 0 Å². The van der Waals surface area contributed by atoms with Gasteiger partial charge in [0.15, 0.2) is 0 Å². The van der Waals surface area contributed by atoms with E-state index in [-0.39, 0.29) is 23.8 Å². The van der Waals surface area contributed by atoms with Crippen LogP contribution in [-0.4, -0.2) is 76.8 Å². The van der Waals surface area contributed by atoms with Gasteiger partial charge in [0.2, 0.25) is 15.9 Å². The van der Waals surface area contributed by atoms with Crippen molar-refractivity contribution in [3.63, 3.8) is 0 Å². The molecular formula is C25H37N3O4S. The van der Waals surface area contributed by atoms with E-state index in [1.165, 1.54) is 16.9 Å². The predicted molar refractivity (Wildman–Crippen MR) is 132 cm³/mol. The molecule has 0 bridgehead atoms. The average Bonchev–Trinajstić information content (AvgIpc) is 2.75. The van der Waals surface area contributed by atoms with E-state index in [0.717, 1.165) is 18.5 Å². The quantitative estimate of drug-likeness (QED) is 0.500. The van der Waals surface area contributed by atoms with E-state index < -0.39 is 10.0 Å². The van der Waals surface area contributed by atoms with Crippen molar-refractivity contribution in [1.82, 2.24) is 14.1 Å². The summed E-state index contributed by atoms with van der Waals surface area (Å²) in [5.41, 5.74) is 3.54. The molecule has 0 aliphatic carbocycles. The third kappa shape index (κ3) is 7.28. The summed E-state index contributed by atoms with van der Waals surface area (Å²) in [6.07, 6.45) is 1.06. The first-order chi connectivity index (χ1) is 15.4. The van der Waals surface area contributed by atoms with Crippen molar-refractivity contribution in [2.75, 3.05) is 48.4 Å². The second-order valence-corrected chi connectivity index (χ2v) is 10.8. The molecule has 0 aliphatic rings. The first-order valence-electron chi connectivity index (χ1n) is 11.0. The number of likely N-dealkylation sites (N-methyl/N-ethyl adjacent to an activating group) is 1. The maximum atomic E-state index is 13.2. The first kappa shape index (κ1) is 26.8. The second kappa shape index (κ2) is 11.6. The molecule has 0 spiro atoms. The zero-order valence-corrected chi connectivity index (χ0v) is 21.7. The Kier molecular flexibility index (Phi) is 9.46. The van der Waals surface area contributed by atoms with Gasteiger partial charge < -0.3 is 14.5 Å². The van der Waals surface area contributed by atoms with Gasteiger partial charge in [0.25, 0.3) is 0 Å². The molecule has 0 heterocycles. The molecule has 0 saturated heterocycles. The van der Waals surface area contributed by atoms with Gasteiger partial charge in [0.05, 0.1) is 12.0 Å². The molecule has 2 aromatic carbocycles. The van der Waals surface area contributed by atoms with Gasteiger partial charge in [0, 0.05) is 40.2 Å². The number of aryl methyl sites for hydroxylation is 2. The zero-order chi connectivity index (χ0) is 24.8. The molecular weight excluding hydrogens is 438 g/mol. The largest absolute Gasteiger partial charge is 0.497 e. The molecule has 0 aliphatic heterocycles. The Labute approximate surface area is 199 Å². The van der Waals surface area contributed by atoms with Crippen LogP contribution in [0.2, 0.25) is 0 Å². The minimum absolute atomic E-state index is 0.0982. The van der Waals surface area contributed by atoms with Gasteiger partial charge in [-0.2, -0.15) is 0 Å². The van der Waals surface area contributed by atoms with E-state index in [1.54, 1.807) is 45.0 Å². The van der Waals surface area contributed by atoms with Crippen molar-refractivity contribution >= 4 is 15.9 Å². The number of amides is 1. The fourth-order valence-corrected chi connectivity index (χ4v) is 5.33. The topological polar surface area (TPSA) is 70.2 Å². The molecule has 0 unspecified atom stereocenters. The van der Waals surface area contributed by atoms with Crippen LogP contribution in [0, 0.1) is 13.8 Å². The minimum atomic E-state index is -3.72. The molecule has 0 atom stereocenters. The molecule has 0 aromatic heterocycles. The van der Waals surface area contributed by atoms with Crippen molar-refractivity contribution in [3.8, 4) is 5.75 Å². The van der Waals surface area contributed by atoms with Crippen molar-refractivity contribution in [3.05, 3.63) is 58.7 Å². The molecule has 2 rings (SSSR count). The lowest BCUT2D eigenvalue weighted by atomic mass is 10.1. The van der Waals surface area contributed by atoms with Crippen LogP contribution in [0.1, 0.15) is 28.7 Å². The number of methoxy groups -OCH3 is 1. The van der Waals surface area contributed by atoms with Gasteiger partial charge in [-0.15, -0.1) is 0 Å². The number of carbonyl (C=O) groups is 1. The third-order valence-corrected chi connectivity index (χ3v) is 7.83. The summed E-state index contributed by atoms with van der Waals surface area (Å²) in [6, 6.07) is 11.7. The zero-order valence-electron chi connectivity index (χ0n) is 20.9. The van der Waals surface area contributed by atoms with Crippen LogP contribution in [0.3, 0.4) is 0 Å². The van der Waals surface area contributed by atoms with Crippen LogP contribution in [0.5, 0.6) is 5.75 Å². The molecule has 0 N–H and O–H groups in total. The first-order valence-corrected chi connectivity index (χ1v) is 12.5. The van der Waals surface area contributed by atoms with E-state index in [9.17, 15) is 13.2 Å².